The predicted octanol–water partition coefficient (Wildman–Crippen LogP) is 3.23. The fraction of sp³-hybridized carbons (Fsp3) is 0.211. The molecule has 1 aromatic heterocycles. The Bertz CT molecular complexity index is 1160. The number of rotatable bonds is 3. The van der Waals surface area contributed by atoms with Gasteiger partial charge in [-0.05, 0) is 36.4 Å². The first-order valence-corrected chi connectivity index (χ1v) is 10.3. The van der Waals surface area contributed by atoms with E-state index in [1.807, 2.05) is 6.07 Å². The van der Waals surface area contributed by atoms with E-state index in [9.17, 15) is 13.7 Å². The lowest BCUT2D eigenvalue weighted by Crippen LogP contribution is -2.43. The summed E-state index contributed by atoms with van der Waals surface area (Å²) in [4.78, 5) is 2.29. The van der Waals surface area contributed by atoms with E-state index in [0.29, 0.717) is 16.1 Å². The molecular weight excluding hydrogens is 419 g/mol. The van der Waals surface area contributed by atoms with Crippen LogP contribution >= 0.6 is 24.0 Å². The Labute approximate surface area is 174 Å². The van der Waals surface area contributed by atoms with Crippen LogP contribution in [0.1, 0.15) is 5.56 Å². The van der Waals surface area contributed by atoms with Gasteiger partial charge in [0.2, 0.25) is 0 Å². The molecule has 1 N–H and O–H groups in total. The van der Waals surface area contributed by atoms with E-state index in [-0.39, 0.29) is 17.3 Å². The Morgan fingerprint density at radius 2 is 1.86 bits per heavy atom. The first kappa shape index (κ1) is 20.5. The quantitative estimate of drug-likeness (QED) is 0.681. The minimum Gasteiger partial charge on any atom is -0.368 e. The molecule has 2 heterocycles. The van der Waals surface area contributed by atoms with Crippen LogP contribution in [0.5, 0.6) is 0 Å². The molecule has 1 saturated heterocycles. The van der Waals surface area contributed by atoms with E-state index >= 15 is 0 Å². The number of aromatic nitrogens is 1. The van der Waals surface area contributed by atoms with Gasteiger partial charge in [-0.3, -0.25) is 0 Å². The lowest BCUT2D eigenvalue weighted by molar-refractivity contribution is 0.588. The molecule has 0 bridgehead atoms. The first-order valence-electron chi connectivity index (χ1n) is 8.53. The van der Waals surface area contributed by atoms with Crippen LogP contribution in [0, 0.1) is 11.3 Å². The van der Waals surface area contributed by atoms with E-state index in [2.05, 4.69) is 16.3 Å². The molecule has 4 rings (SSSR count). The molecule has 6 nitrogen and oxygen atoms in total. The van der Waals surface area contributed by atoms with E-state index < -0.39 is 10.0 Å². The van der Waals surface area contributed by atoms with Crippen LogP contribution in [0.15, 0.2) is 53.6 Å². The predicted molar refractivity (Wildman–Crippen MR) is 113 cm³/mol. The van der Waals surface area contributed by atoms with Crippen molar-refractivity contribution in [3.8, 4) is 6.07 Å². The van der Waals surface area contributed by atoms with Crippen LogP contribution in [0.4, 0.5) is 5.69 Å². The maximum absolute atomic E-state index is 13.2. The Morgan fingerprint density at radius 3 is 2.54 bits per heavy atom. The third-order valence-corrected chi connectivity index (χ3v) is 6.63. The van der Waals surface area contributed by atoms with Gasteiger partial charge in [0.25, 0.3) is 10.0 Å². The summed E-state index contributed by atoms with van der Waals surface area (Å²) in [6.45, 7) is 3.38. The summed E-state index contributed by atoms with van der Waals surface area (Å²) in [6.07, 6.45) is 1.51. The largest absolute Gasteiger partial charge is 0.368 e. The number of benzene rings is 2. The van der Waals surface area contributed by atoms with E-state index in [1.54, 1.807) is 24.3 Å². The Balaban J connectivity index is 0.00000225. The van der Waals surface area contributed by atoms with Gasteiger partial charge in [0.1, 0.15) is 6.07 Å². The van der Waals surface area contributed by atoms with Crippen LogP contribution < -0.4 is 10.2 Å². The number of nitrogens with zero attached hydrogens (tertiary/aromatic N) is 3. The van der Waals surface area contributed by atoms with Crippen LogP contribution in [-0.4, -0.2) is 38.6 Å². The average molecular weight is 437 g/mol. The van der Waals surface area contributed by atoms with Crippen molar-refractivity contribution in [1.29, 1.82) is 5.26 Å². The van der Waals surface area contributed by atoms with E-state index in [4.69, 9.17) is 11.6 Å². The highest BCUT2D eigenvalue weighted by Gasteiger charge is 2.24. The van der Waals surface area contributed by atoms with Crippen molar-refractivity contribution in [3.05, 3.63) is 59.2 Å². The molecule has 9 heteroatoms. The van der Waals surface area contributed by atoms with Crippen molar-refractivity contribution in [3.63, 3.8) is 0 Å². The number of hydrogen-bond acceptors (Lipinski definition) is 5. The van der Waals surface area contributed by atoms with Gasteiger partial charge >= 0.3 is 0 Å². The standard InChI is InChI=1S/C19H17ClN4O2S.ClH/c20-15-2-1-3-16(12-15)27(25,26)24-9-6-17-18(23-10-7-22-8-11-23)5-4-14(13-21)19(17)24;/h1-6,9,12,22H,7-8,10-11H2;1H. The van der Waals surface area contributed by atoms with Crippen molar-refractivity contribution < 1.29 is 8.42 Å². The van der Waals surface area contributed by atoms with Gasteiger partial charge in [0.15, 0.2) is 0 Å². The maximum Gasteiger partial charge on any atom is 0.268 e. The molecule has 2 aromatic carbocycles. The van der Waals surface area contributed by atoms with Crippen LogP contribution in [0.2, 0.25) is 5.02 Å². The summed E-state index contributed by atoms with van der Waals surface area (Å²) in [5, 5.41) is 14.0. The minimum absolute atomic E-state index is 0. The summed E-state index contributed by atoms with van der Waals surface area (Å²) in [5.41, 5.74) is 1.65. The fourth-order valence-corrected chi connectivity index (χ4v) is 5.10. The van der Waals surface area contributed by atoms with Crippen molar-refractivity contribution in [2.75, 3.05) is 31.1 Å². The molecule has 0 atom stereocenters. The molecule has 3 aromatic rings. The molecule has 28 heavy (non-hydrogen) atoms. The van der Waals surface area contributed by atoms with Crippen LogP contribution in [0.3, 0.4) is 0 Å². The molecule has 1 aliphatic heterocycles. The number of hydrogen-bond donors (Lipinski definition) is 1. The highest BCUT2D eigenvalue weighted by Crippen LogP contribution is 2.33. The van der Waals surface area contributed by atoms with E-state index in [0.717, 1.165) is 37.3 Å². The molecule has 0 radical (unpaired) electrons. The van der Waals surface area contributed by atoms with Crippen LogP contribution in [0.25, 0.3) is 10.9 Å². The lowest BCUT2D eigenvalue weighted by Gasteiger charge is -2.30. The second kappa shape index (κ2) is 8.02. The average Bonchev–Trinajstić information content (AvgIpc) is 3.14. The van der Waals surface area contributed by atoms with Gasteiger partial charge < -0.3 is 10.2 Å². The molecular formula is C19H18Cl2N4O2S. The van der Waals surface area contributed by atoms with Crippen molar-refractivity contribution in [2.45, 2.75) is 4.90 Å². The zero-order chi connectivity index (χ0) is 19.0. The topological polar surface area (TPSA) is 78.1 Å². The Morgan fingerprint density at radius 1 is 1.11 bits per heavy atom. The number of fused-ring (bicyclic) bond motifs is 1. The monoisotopic (exact) mass is 436 g/mol. The van der Waals surface area contributed by atoms with Crippen LogP contribution in [-0.2, 0) is 10.0 Å². The molecule has 0 spiro atoms. The number of piperazine rings is 1. The summed E-state index contributed by atoms with van der Waals surface area (Å²) < 4.78 is 27.6. The molecule has 0 unspecified atom stereocenters. The summed E-state index contributed by atoms with van der Waals surface area (Å²) in [5.74, 6) is 0. The second-order valence-electron chi connectivity index (χ2n) is 6.32. The molecule has 146 valence electrons. The van der Waals surface area contributed by atoms with Crippen molar-refractivity contribution in [1.82, 2.24) is 9.29 Å². The molecule has 0 aliphatic carbocycles. The van der Waals surface area contributed by atoms with E-state index in [1.165, 1.54) is 22.3 Å². The third-order valence-electron chi connectivity index (χ3n) is 4.72. The van der Waals surface area contributed by atoms with Gasteiger partial charge in [0.05, 0.1) is 16.0 Å². The van der Waals surface area contributed by atoms with Gasteiger partial charge in [-0.1, -0.05) is 17.7 Å². The van der Waals surface area contributed by atoms with Gasteiger partial charge in [0, 0.05) is 48.5 Å². The Hall–Kier alpha value is -2.24. The highest BCUT2D eigenvalue weighted by atomic mass is 35.5. The minimum atomic E-state index is -3.87. The Kier molecular flexibility index (Phi) is 5.87. The summed E-state index contributed by atoms with van der Waals surface area (Å²) in [6, 6.07) is 13.6. The van der Waals surface area contributed by atoms with Gasteiger partial charge in [-0.25, -0.2) is 12.4 Å². The zero-order valence-corrected chi connectivity index (χ0v) is 17.2. The van der Waals surface area contributed by atoms with Gasteiger partial charge in [-0.2, -0.15) is 5.26 Å². The van der Waals surface area contributed by atoms with Gasteiger partial charge in [-0.15, -0.1) is 12.4 Å². The molecule has 1 fully saturated rings. The first-order chi connectivity index (χ1) is 13.0. The smallest absolute Gasteiger partial charge is 0.268 e. The SMILES string of the molecule is Cl.N#Cc1ccc(N2CCNCC2)c2ccn(S(=O)(=O)c3cccc(Cl)c3)c12. The second-order valence-corrected chi connectivity index (χ2v) is 8.57. The molecule has 0 amide bonds. The normalized spacial score (nSPS) is 14.5. The molecule has 0 saturated carbocycles. The number of nitrogens with one attached hydrogen (secondary N) is 1. The number of anilines is 1. The lowest BCUT2D eigenvalue weighted by atomic mass is 10.1. The number of halogens is 2. The number of nitriles is 1. The van der Waals surface area contributed by atoms with Crippen molar-refractivity contribution in [2.24, 2.45) is 0 Å². The highest BCUT2D eigenvalue weighted by molar-refractivity contribution is 7.90. The fourth-order valence-electron chi connectivity index (χ4n) is 3.43. The zero-order valence-electron chi connectivity index (χ0n) is 14.8. The molecule has 1 aliphatic rings. The summed E-state index contributed by atoms with van der Waals surface area (Å²) >= 11 is 5.98. The summed E-state index contributed by atoms with van der Waals surface area (Å²) in [7, 11) is -3.87. The third kappa shape index (κ3) is 3.45. The van der Waals surface area contributed by atoms with Crippen molar-refractivity contribution >= 4 is 50.6 Å². The maximum atomic E-state index is 13.2.